The Morgan fingerprint density at radius 3 is 2.49 bits per heavy atom. The normalized spacial score (nSPS) is 14.5. The predicted octanol–water partition coefficient (Wildman–Crippen LogP) is 6.35. The SMILES string of the molecule is Cc1ccc([C@H]2CC(c3cccs3)=NN2C(=O)CSc2nnc(CNC(=O)c3cccc(C)c3)n2-c2ccccc2)cc1. The number of rotatable bonds is 9. The number of aryl methyl sites for hydroxylation is 2. The summed E-state index contributed by atoms with van der Waals surface area (Å²) < 4.78 is 1.89. The van der Waals surface area contributed by atoms with Crippen molar-refractivity contribution in [1.29, 1.82) is 0 Å². The van der Waals surface area contributed by atoms with E-state index in [4.69, 9.17) is 5.10 Å². The third kappa shape index (κ3) is 6.45. The molecular formula is C33H30N6O2S2. The van der Waals surface area contributed by atoms with Crippen molar-refractivity contribution >= 4 is 40.6 Å². The Morgan fingerprint density at radius 1 is 0.930 bits per heavy atom. The highest BCUT2D eigenvalue weighted by Gasteiger charge is 2.33. The van der Waals surface area contributed by atoms with Gasteiger partial charge in [-0.1, -0.05) is 83.6 Å². The van der Waals surface area contributed by atoms with Crippen molar-refractivity contribution in [3.8, 4) is 5.69 Å². The number of hydrogen-bond donors (Lipinski definition) is 1. The summed E-state index contributed by atoms with van der Waals surface area (Å²) >= 11 is 2.93. The molecule has 0 spiro atoms. The summed E-state index contributed by atoms with van der Waals surface area (Å²) in [6.07, 6.45) is 0.658. The number of benzene rings is 3. The zero-order chi connectivity index (χ0) is 29.8. The number of aromatic nitrogens is 3. The van der Waals surface area contributed by atoms with E-state index in [1.165, 1.54) is 17.3 Å². The molecule has 2 amide bonds. The van der Waals surface area contributed by atoms with Crippen molar-refractivity contribution in [2.24, 2.45) is 5.10 Å². The summed E-state index contributed by atoms with van der Waals surface area (Å²) in [4.78, 5) is 27.6. The van der Waals surface area contributed by atoms with Crippen LogP contribution in [0, 0.1) is 13.8 Å². The minimum atomic E-state index is -0.189. The van der Waals surface area contributed by atoms with Gasteiger partial charge < -0.3 is 5.32 Å². The van der Waals surface area contributed by atoms with E-state index in [2.05, 4.69) is 46.7 Å². The van der Waals surface area contributed by atoms with Crippen LogP contribution in [0.1, 0.15) is 50.2 Å². The fraction of sp³-hybridized carbons (Fsp3) is 0.182. The van der Waals surface area contributed by atoms with E-state index in [9.17, 15) is 9.59 Å². The van der Waals surface area contributed by atoms with Gasteiger partial charge in [0.25, 0.3) is 11.8 Å². The highest BCUT2D eigenvalue weighted by molar-refractivity contribution is 7.99. The van der Waals surface area contributed by atoms with Gasteiger partial charge in [-0.25, -0.2) is 5.01 Å². The van der Waals surface area contributed by atoms with Gasteiger partial charge in [0.05, 0.1) is 28.9 Å². The summed E-state index contributed by atoms with van der Waals surface area (Å²) in [5.74, 6) is 0.397. The molecule has 1 aliphatic rings. The number of nitrogens with one attached hydrogen (secondary N) is 1. The monoisotopic (exact) mass is 606 g/mol. The van der Waals surface area contributed by atoms with Crippen LogP contribution < -0.4 is 5.32 Å². The smallest absolute Gasteiger partial charge is 0.253 e. The van der Waals surface area contributed by atoms with Crippen molar-refractivity contribution < 1.29 is 9.59 Å². The molecule has 0 aliphatic carbocycles. The number of hydrogen-bond acceptors (Lipinski definition) is 7. The second-order valence-corrected chi connectivity index (χ2v) is 12.2. The summed E-state index contributed by atoms with van der Waals surface area (Å²) in [5, 5.41) is 20.8. The number of amides is 2. The van der Waals surface area contributed by atoms with E-state index < -0.39 is 0 Å². The van der Waals surface area contributed by atoms with E-state index in [1.54, 1.807) is 22.4 Å². The molecule has 0 saturated heterocycles. The van der Waals surface area contributed by atoms with Crippen LogP contribution >= 0.6 is 23.1 Å². The minimum Gasteiger partial charge on any atom is -0.345 e. The first-order chi connectivity index (χ1) is 21.0. The molecule has 43 heavy (non-hydrogen) atoms. The molecule has 3 aromatic carbocycles. The van der Waals surface area contributed by atoms with Gasteiger partial charge in [0.1, 0.15) is 0 Å². The fourth-order valence-corrected chi connectivity index (χ4v) is 6.51. The Balaban J connectivity index is 1.22. The molecule has 10 heteroatoms. The van der Waals surface area contributed by atoms with Crippen LogP contribution in [0.25, 0.3) is 5.69 Å². The maximum atomic E-state index is 13.7. The molecule has 1 N–H and O–H groups in total. The molecular weight excluding hydrogens is 577 g/mol. The standard InChI is InChI=1S/C33H30N6O2S2/c1-22-13-15-24(16-14-22)28-19-27(29-12-7-17-42-29)37-39(28)31(40)21-43-33-36-35-30(38(33)26-10-4-3-5-11-26)20-34-32(41)25-9-6-8-23(2)18-25/h3-18,28H,19-21H2,1-2H3,(H,34,41)/t28-/m1/s1. The number of carbonyl (C=O) groups excluding carboxylic acids is 2. The second-order valence-electron chi connectivity index (χ2n) is 10.3. The number of thioether (sulfide) groups is 1. The second kappa shape index (κ2) is 12.8. The molecule has 0 radical (unpaired) electrons. The van der Waals surface area contributed by atoms with Crippen LogP contribution in [0.4, 0.5) is 0 Å². The highest BCUT2D eigenvalue weighted by Crippen LogP contribution is 2.35. The molecule has 0 fully saturated rings. The lowest BCUT2D eigenvalue weighted by Gasteiger charge is -2.22. The summed E-state index contributed by atoms with van der Waals surface area (Å²) in [7, 11) is 0. The van der Waals surface area contributed by atoms with Crippen LogP contribution in [0.2, 0.25) is 0 Å². The van der Waals surface area contributed by atoms with E-state index >= 15 is 0 Å². The Hall–Kier alpha value is -4.54. The van der Waals surface area contributed by atoms with Gasteiger partial charge in [0, 0.05) is 17.7 Å². The van der Waals surface area contributed by atoms with E-state index in [0.717, 1.165) is 27.4 Å². The largest absolute Gasteiger partial charge is 0.345 e. The van der Waals surface area contributed by atoms with Crippen molar-refractivity contribution in [2.75, 3.05) is 5.75 Å². The summed E-state index contributed by atoms with van der Waals surface area (Å²) in [5.41, 5.74) is 5.58. The van der Waals surface area contributed by atoms with E-state index in [0.29, 0.717) is 23.0 Å². The zero-order valence-electron chi connectivity index (χ0n) is 23.8. The summed E-state index contributed by atoms with van der Waals surface area (Å²) in [6, 6.07) is 29.3. The van der Waals surface area contributed by atoms with Gasteiger partial charge in [-0.15, -0.1) is 21.5 Å². The molecule has 3 heterocycles. The molecule has 1 atom stereocenters. The third-order valence-corrected chi connectivity index (χ3v) is 8.99. The van der Waals surface area contributed by atoms with Gasteiger partial charge in [-0.2, -0.15) is 5.10 Å². The van der Waals surface area contributed by atoms with Crippen molar-refractivity contribution in [3.05, 3.63) is 129 Å². The third-order valence-electron chi connectivity index (χ3n) is 7.16. The van der Waals surface area contributed by atoms with Crippen molar-refractivity contribution in [2.45, 2.75) is 38.0 Å². The van der Waals surface area contributed by atoms with E-state index in [1.807, 2.05) is 77.5 Å². The van der Waals surface area contributed by atoms with E-state index in [-0.39, 0.29) is 30.2 Å². The lowest BCUT2D eigenvalue weighted by atomic mass is 10.00. The van der Waals surface area contributed by atoms with Gasteiger partial charge >= 0.3 is 0 Å². The zero-order valence-corrected chi connectivity index (χ0v) is 25.4. The molecule has 0 unspecified atom stereocenters. The van der Waals surface area contributed by atoms with Gasteiger partial charge in [0.15, 0.2) is 11.0 Å². The van der Waals surface area contributed by atoms with Gasteiger partial charge in [-0.05, 0) is 55.1 Å². The Bertz CT molecular complexity index is 1760. The maximum absolute atomic E-state index is 13.7. The van der Waals surface area contributed by atoms with Crippen molar-refractivity contribution in [3.63, 3.8) is 0 Å². The lowest BCUT2D eigenvalue weighted by molar-refractivity contribution is -0.130. The number of carbonyl (C=O) groups is 2. The molecule has 6 rings (SSSR count). The molecule has 1 aliphatic heterocycles. The molecule has 8 nitrogen and oxygen atoms in total. The quantitative estimate of drug-likeness (QED) is 0.198. The lowest BCUT2D eigenvalue weighted by Crippen LogP contribution is -2.28. The van der Waals surface area contributed by atoms with Crippen molar-refractivity contribution in [1.82, 2.24) is 25.1 Å². The Morgan fingerprint density at radius 2 is 1.74 bits per heavy atom. The highest BCUT2D eigenvalue weighted by atomic mass is 32.2. The molecule has 216 valence electrons. The first-order valence-corrected chi connectivity index (χ1v) is 15.8. The molecule has 0 bridgehead atoms. The molecule has 5 aromatic rings. The minimum absolute atomic E-state index is 0.112. The average molecular weight is 607 g/mol. The number of nitrogens with zero attached hydrogens (tertiary/aromatic N) is 5. The van der Waals surface area contributed by atoms with Gasteiger partial charge in [-0.3, -0.25) is 14.2 Å². The van der Waals surface area contributed by atoms with Crippen LogP contribution in [0.15, 0.2) is 107 Å². The predicted molar refractivity (Wildman–Crippen MR) is 171 cm³/mol. The Labute approximate surface area is 258 Å². The number of thiophene rings is 1. The number of para-hydroxylation sites is 1. The van der Waals surface area contributed by atoms with Crippen LogP contribution in [0.5, 0.6) is 0 Å². The van der Waals surface area contributed by atoms with Crippen LogP contribution in [0.3, 0.4) is 0 Å². The molecule has 2 aromatic heterocycles. The molecule has 0 saturated carbocycles. The van der Waals surface area contributed by atoms with Crippen LogP contribution in [-0.2, 0) is 11.3 Å². The topological polar surface area (TPSA) is 92.5 Å². The fourth-order valence-electron chi connectivity index (χ4n) is 4.96. The van der Waals surface area contributed by atoms with Gasteiger partial charge in [0.2, 0.25) is 0 Å². The maximum Gasteiger partial charge on any atom is 0.253 e. The first kappa shape index (κ1) is 28.6. The Kier molecular flexibility index (Phi) is 8.48. The van der Waals surface area contributed by atoms with Crippen LogP contribution in [-0.4, -0.2) is 43.1 Å². The first-order valence-electron chi connectivity index (χ1n) is 13.9. The average Bonchev–Trinajstić information content (AvgIpc) is 3.80. The summed E-state index contributed by atoms with van der Waals surface area (Å²) in [6.45, 7) is 4.18. The number of hydrazone groups is 1.